The van der Waals surface area contributed by atoms with Gasteiger partial charge in [0.2, 0.25) is 0 Å². The lowest BCUT2D eigenvalue weighted by Crippen LogP contribution is -2.32. The molecule has 1 amide bonds. The molecule has 4 rings (SSSR count). The first kappa shape index (κ1) is 13.4. The monoisotopic (exact) mass is 288 g/mol. The molecule has 4 heteroatoms. The quantitative estimate of drug-likeness (QED) is 0.838. The van der Waals surface area contributed by atoms with E-state index in [9.17, 15) is 4.79 Å². The molecule has 3 aliphatic rings. The average Bonchev–Trinajstić information content (AvgIpc) is 2.94. The number of carbonyl (C=O) groups excluding carboxylic acids is 1. The van der Waals surface area contributed by atoms with E-state index >= 15 is 0 Å². The smallest absolute Gasteiger partial charge is 0.255 e. The largest absolute Gasteiger partial charge is 0.381 e. The Kier molecular flexibility index (Phi) is 2.93. The number of likely N-dealkylation sites (tertiary alicyclic amines) is 1. The Bertz CT molecular complexity index is 580. The molecule has 1 aromatic heterocycles. The molecular formula is C17H24N2O2. The van der Waals surface area contributed by atoms with Gasteiger partial charge >= 0.3 is 0 Å². The van der Waals surface area contributed by atoms with Gasteiger partial charge in [0.05, 0.1) is 12.2 Å². The van der Waals surface area contributed by atoms with Crippen LogP contribution in [0, 0.1) is 19.3 Å². The molecule has 114 valence electrons. The summed E-state index contributed by atoms with van der Waals surface area (Å²) >= 11 is 0. The summed E-state index contributed by atoms with van der Waals surface area (Å²) in [5, 5.41) is 0. The molecule has 1 aromatic rings. The van der Waals surface area contributed by atoms with Crippen LogP contribution in [-0.4, -0.2) is 41.7 Å². The Morgan fingerprint density at radius 2 is 2.14 bits per heavy atom. The van der Waals surface area contributed by atoms with Gasteiger partial charge in [-0.3, -0.25) is 4.79 Å². The van der Waals surface area contributed by atoms with Crippen LogP contribution in [0.3, 0.4) is 0 Å². The minimum Gasteiger partial charge on any atom is -0.381 e. The highest BCUT2D eigenvalue weighted by molar-refractivity contribution is 5.96. The lowest BCUT2D eigenvalue weighted by molar-refractivity contribution is 0.0765. The van der Waals surface area contributed by atoms with Gasteiger partial charge in [-0.05, 0) is 45.6 Å². The van der Waals surface area contributed by atoms with Gasteiger partial charge in [0.25, 0.3) is 5.91 Å². The molecule has 2 saturated heterocycles. The predicted molar refractivity (Wildman–Crippen MR) is 80.6 cm³/mol. The summed E-state index contributed by atoms with van der Waals surface area (Å²) in [4.78, 5) is 14.9. The van der Waals surface area contributed by atoms with Crippen molar-refractivity contribution in [3.05, 3.63) is 23.0 Å². The van der Waals surface area contributed by atoms with Crippen LogP contribution in [0.5, 0.6) is 0 Å². The van der Waals surface area contributed by atoms with Crippen LogP contribution < -0.4 is 0 Å². The second-order valence-electron chi connectivity index (χ2n) is 7.17. The molecule has 1 saturated carbocycles. The Hall–Kier alpha value is -1.29. The van der Waals surface area contributed by atoms with E-state index in [-0.39, 0.29) is 11.3 Å². The van der Waals surface area contributed by atoms with Crippen LogP contribution in [-0.2, 0) is 4.74 Å². The number of nitrogens with zero attached hydrogens (tertiary/aromatic N) is 2. The third-order valence-corrected chi connectivity index (χ3v) is 5.54. The Morgan fingerprint density at radius 1 is 1.33 bits per heavy atom. The highest BCUT2D eigenvalue weighted by Crippen LogP contribution is 2.40. The number of rotatable bonds is 2. The molecule has 21 heavy (non-hydrogen) atoms. The number of aromatic nitrogens is 1. The van der Waals surface area contributed by atoms with Crippen LogP contribution in [0.2, 0.25) is 0 Å². The van der Waals surface area contributed by atoms with Crippen LogP contribution >= 0.6 is 0 Å². The fourth-order valence-corrected chi connectivity index (χ4v) is 4.14. The maximum atomic E-state index is 12.9. The molecule has 3 fully saturated rings. The van der Waals surface area contributed by atoms with Crippen molar-refractivity contribution in [3.8, 4) is 0 Å². The van der Waals surface area contributed by atoms with E-state index in [1.165, 1.54) is 18.5 Å². The van der Waals surface area contributed by atoms with Gasteiger partial charge in [0.1, 0.15) is 0 Å². The van der Waals surface area contributed by atoms with Crippen molar-refractivity contribution in [1.29, 1.82) is 0 Å². The summed E-state index contributed by atoms with van der Waals surface area (Å²) in [6.07, 6.45) is 4.72. The van der Waals surface area contributed by atoms with Crippen LogP contribution in [0.15, 0.2) is 6.07 Å². The molecule has 0 bridgehead atoms. The van der Waals surface area contributed by atoms with Crippen molar-refractivity contribution >= 4 is 5.91 Å². The van der Waals surface area contributed by atoms with E-state index in [2.05, 4.69) is 24.5 Å². The molecule has 3 heterocycles. The van der Waals surface area contributed by atoms with Gasteiger partial charge in [0, 0.05) is 42.5 Å². The molecule has 0 N–H and O–H groups in total. The summed E-state index contributed by atoms with van der Waals surface area (Å²) in [6, 6.07) is 2.73. The minimum atomic E-state index is 0.221. The molecule has 1 aliphatic carbocycles. The van der Waals surface area contributed by atoms with Gasteiger partial charge < -0.3 is 14.2 Å². The van der Waals surface area contributed by atoms with E-state index in [1.54, 1.807) is 0 Å². The number of hydrogen-bond donors (Lipinski definition) is 0. The third-order valence-electron chi connectivity index (χ3n) is 5.54. The zero-order valence-corrected chi connectivity index (χ0v) is 13.0. The lowest BCUT2D eigenvalue weighted by Gasteiger charge is -2.22. The molecule has 2 aliphatic heterocycles. The molecule has 1 spiro atoms. The highest BCUT2D eigenvalue weighted by atomic mass is 16.5. The van der Waals surface area contributed by atoms with Crippen LogP contribution in [0.1, 0.15) is 53.5 Å². The summed E-state index contributed by atoms with van der Waals surface area (Å²) in [6.45, 7) is 7.67. The second-order valence-corrected chi connectivity index (χ2v) is 7.17. The average molecular weight is 288 g/mol. The molecule has 0 aromatic carbocycles. The molecular weight excluding hydrogens is 264 g/mol. The number of carbonyl (C=O) groups is 1. The zero-order chi connectivity index (χ0) is 14.6. The maximum Gasteiger partial charge on any atom is 0.255 e. The SMILES string of the molecule is Cc1cc(C(=O)N2CCC3(CCOC3)C2)c(C)n1C1CC1. The third kappa shape index (κ3) is 2.11. The predicted octanol–water partition coefficient (Wildman–Crippen LogP) is 2.69. The van der Waals surface area contributed by atoms with Crippen molar-refractivity contribution < 1.29 is 9.53 Å². The number of aryl methyl sites for hydroxylation is 1. The second kappa shape index (κ2) is 4.60. The van der Waals surface area contributed by atoms with Crippen molar-refractivity contribution in [3.63, 3.8) is 0 Å². The van der Waals surface area contributed by atoms with Crippen molar-refractivity contribution in [2.75, 3.05) is 26.3 Å². The van der Waals surface area contributed by atoms with Crippen molar-refractivity contribution in [1.82, 2.24) is 9.47 Å². The Morgan fingerprint density at radius 3 is 2.81 bits per heavy atom. The van der Waals surface area contributed by atoms with Gasteiger partial charge in [0.15, 0.2) is 0 Å². The van der Waals surface area contributed by atoms with Crippen molar-refractivity contribution in [2.24, 2.45) is 5.41 Å². The number of amides is 1. The summed E-state index contributed by atoms with van der Waals surface area (Å²) in [5.41, 5.74) is 3.55. The molecule has 1 atom stereocenters. The number of hydrogen-bond acceptors (Lipinski definition) is 2. The van der Waals surface area contributed by atoms with E-state index in [4.69, 9.17) is 4.74 Å². The lowest BCUT2D eigenvalue weighted by atomic mass is 9.87. The van der Waals surface area contributed by atoms with Gasteiger partial charge in [-0.1, -0.05) is 0 Å². The molecule has 1 unspecified atom stereocenters. The summed E-state index contributed by atoms with van der Waals surface area (Å²) in [7, 11) is 0. The topological polar surface area (TPSA) is 34.5 Å². The Balaban J connectivity index is 1.57. The summed E-state index contributed by atoms with van der Waals surface area (Å²) < 4.78 is 7.92. The van der Waals surface area contributed by atoms with Gasteiger partial charge in [-0.25, -0.2) is 0 Å². The molecule has 4 nitrogen and oxygen atoms in total. The fraction of sp³-hybridized carbons (Fsp3) is 0.706. The van der Waals surface area contributed by atoms with E-state index in [1.807, 2.05) is 4.90 Å². The summed E-state index contributed by atoms with van der Waals surface area (Å²) in [5.74, 6) is 0.221. The minimum absolute atomic E-state index is 0.221. The fourth-order valence-electron chi connectivity index (χ4n) is 4.14. The first-order chi connectivity index (χ1) is 10.1. The maximum absolute atomic E-state index is 12.9. The van der Waals surface area contributed by atoms with E-state index < -0.39 is 0 Å². The first-order valence-electron chi connectivity index (χ1n) is 8.15. The highest BCUT2D eigenvalue weighted by Gasteiger charge is 2.43. The standard InChI is InChI=1S/C17H24N2O2/c1-12-9-15(13(2)19(12)14-3-4-14)16(20)18-7-5-17(10-18)6-8-21-11-17/h9,14H,3-8,10-11H2,1-2H3. The van der Waals surface area contributed by atoms with Crippen LogP contribution in [0.4, 0.5) is 0 Å². The normalized spacial score (nSPS) is 28.8. The van der Waals surface area contributed by atoms with E-state index in [0.717, 1.165) is 50.4 Å². The van der Waals surface area contributed by atoms with Gasteiger partial charge in [-0.2, -0.15) is 0 Å². The first-order valence-corrected chi connectivity index (χ1v) is 8.15. The Labute approximate surface area is 126 Å². The van der Waals surface area contributed by atoms with Crippen LogP contribution in [0.25, 0.3) is 0 Å². The molecule has 0 radical (unpaired) electrons. The van der Waals surface area contributed by atoms with Gasteiger partial charge in [-0.15, -0.1) is 0 Å². The zero-order valence-electron chi connectivity index (χ0n) is 13.0. The van der Waals surface area contributed by atoms with Crippen molar-refractivity contribution in [2.45, 2.75) is 45.6 Å². The van der Waals surface area contributed by atoms with E-state index in [0.29, 0.717) is 6.04 Å². The number of ether oxygens (including phenoxy) is 1.